The van der Waals surface area contributed by atoms with E-state index in [0.717, 1.165) is 37.3 Å². The summed E-state index contributed by atoms with van der Waals surface area (Å²) in [7, 11) is 0. The lowest BCUT2D eigenvalue weighted by Crippen LogP contribution is -2.31. The molecule has 1 aromatic heterocycles. The van der Waals surface area contributed by atoms with Gasteiger partial charge in [0.1, 0.15) is 11.3 Å². The van der Waals surface area contributed by atoms with Crippen LogP contribution in [0.5, 0.6) is 0 Å². The van der Waals surface area contributed by atoms with Crippen molar-refractivity contribution in [1.82, 2.24) is 5.32 Å². The summed E-state index contributed by atoms with van der Waals surface area (Å²) in [5.41, 5.74) is 2.22. The van der Waals surface area contributed by atoms with Gasteiger partial charge in [0, 0.05) is 12.0 Å². The molecule has 2 unspecified atom stereocenters. The van der Waals surface area contributed by atoms with Gasteiger partial charge in [-0.1, -0.05) is 18.6 Å². The zero-order valence-corrected chi connectivity index (χ0v) is 11.6. The highest BCUT2D eigenvalue weighted by Crippen LogP contribution is 2.31. The summed E-state index contributed by atoms with van der Waals surface area (Å²) in [6, 6.07) is 8.62. The molecule has 1 saturated heterocycles. The van der Waals surface area contributed by atoms with E-state index in [-0.39, 0.29) is 12.1 Å². The highest BCUT2D eigenvalue weighted by atomic mass is 16.5. The molecular formula is C16H21NO2. The fourth-order valence-corrected chi connectivity index (χ4v) is 2.84. The van der Waals surface area contributed by atoms with Crippen molar-refractivity contribution in [3.8, 4) is 0 Å². The number of rotatable bonds is 4. The van der Waals surface area contributed by atoms with E-state index in [1.165, 1.54) is 10.9 Å². The summed E-state index contributed by atoms with van der Waals surface area (Å²) in [4.78, 5) is 0. The zero-order chi connectivity index (χ0) is 13.2. The Morgan fingerprint density at radius 2 is 2.26 bits per heavy atom. The molecular weight excluding hydrogens is 238 g/mol. The van der Waals surface area contributed by atoms with Crippen LogP contribution in [0.2, 0.25) is 0 Å². The number of aryl methyl sites for hydroxylation is 1. The maximum atomic E-state index is 6.01. The van der Waals surface area contributed by atoms with Crippen molar-refractivity contribution in [3.63, 3.8) is 0 Å². The van der Waals surface area contributed by atoms with Crippen LogP contribution >= 0.6 is 0 Å². The molecule has 1 aromatic carbocycles. The van der Waals surface area contributed by atoms with Crippen LogP contribution < -0.4 is 5.32 Å². The molecule has 19 heavy (non-hydrogen) atoms. The molecule has 0 bridgehead atoms. The molecule has 0 saturated carbocycles. The van der Waals surface area contributed by atoms with Crippen molar-refractivity contribution in [3.05, 3.63) is 35.6 Å². The molecule has 0 aliphatic carbocycles. The van der Waals surface area contributed by atoms with Gasteiger partial charge in [-0.25, -0.2) is 0 Å². The van der Waals surface area contributed by atoms with Crippen LogP contribution in [0.15, 0.2) is 28.7 Å². The van der Waals surface area contributed by atoms with E-state index in [1.807, 2.05) is 6.07 Å². The first-order valence-electron chi connectivity index (χ1n) is 7.13. The van der Waals surface area contributed by atoms with Crippen LogP contribution in [0, 0.1) is 6.92 Å². The Morgan fingerprint density at radius 3 is 3.00 bits per heavy atom. The quantitative estimate of drug-likeness (QED) is 0.911. The summed E-state index contributed by atoms with van der Waals surface area (Å²) < 4.78 is 11.8. The van der Waals surface area contributed by atoms with Crippen molar-refractivity contribution in [2.75, 3.05) is 13.2 Å². The summed E-state index contributed by atoms with van der Waals surface area (Å²) in [5.74, 6) is 0.995. The average Bonchev–Trinajstić information content (AvgIpc) is 3.04. The molecule has 102 valence electrons. The first-order valence-corrected chi connectivity index (χ1v) is 7.13. The smallest absolute Gasteiger partial charge is 0.134 e. The third-order valence-electron chi connectivity index (χ3n) is 3.76. The number of furan rings is 1. The molecule has 3 heteroatoms. The van der Waals surface area contributed by atoms with Crippen LogP contribution in [0.4, 0.5) is 0 Å². The lowest BCUT2D eigenvalue weighted by Gasteiger charge is -2.21. The third kappa shape index (κ3) is 2.53. The maximum absolute atomic E-state index is 6.01. The van der Waals surface area contributed by atoms with E-state index in [2.05, 4.69) is 37.4 Å². The molecule has 3 rings (SSSR count). The number of benzene rings is 1. The Hall–Kier alpha value is -1.32. The summed E-state index contributed by atoms with van der Waals surface area (Å²) in [6.07, 6.45) is 2.49. The summed E-state index contributed by atoms with van der Waals surface area (Å²) in [6.45, 7) is 6.01. The lowest BCUT2D eigenvalue weighted by molar-refractivity contribution is 0.0723. The van der Waals surface area contributed by atoms with Crippen molar-refractivity contribution in [2.24, 2.45) is 0 Å². The second-order valence-electron chi connectivity index (χ2n) is 5.28. The molecule has 2 atom stereocenters. The van der Waals surface area contributed by atoms with Gasteiger partial charge < -0.3 is 14.5 Å². The van der Waals surface area contributed by atoms with Gasteiger partial charge in [-0.3, -0.25) is 0 Å². The van der Waals surface area contributed by atoms with E-state index in [4.69, 9.17) is 9.15 Å². The summed E-state index contributed by atoms with van der Waals surface area (Å²) in [5, 5.41) is 4.67. The van der Waals surface area contributed by atoms with Gasteiger partial charge in [0.05, 0.1) is 12.1 Å². The van der Waals surface area contributed by atoms with Gasteiger partial charge in [-0.15, -0.1) is 0 Å². The molecule has 3 nitrogen and oxygen atoms in total. The molecule has 2 heterocycles. The predicted molar refractivity (Wildman–Crippen MR) is 76.3 cm³/mol. The van der Waals surface area contributed by atoms with Gasteiger partial charge in [0.25, 0.3) is 0 Å². The molecule has 1 fully saturated rings. The van der Waals surface area contributed by atoms with Gasteiger partial charge >= 0.3 is 0 Å². The van der Waals surface area contributed by atoms with Crippen molar-refractivity contribution >= 4 is 11.0 Å². The van der Waals surface area contributed by atoms with E-state index in [1.54, 1.807) is 0 Å². The van der Waals surface area contributed by atoms with Gasteiger partial charge in [0.15, 0.2) is 0 Å². The number of hydrogen-bond acceptors (Lipinski definition) is 3. The van der Waals surface area contributed by atoms with E-state index in [0.29, 0.717) is 0 Å². The van der Waals surface area contributed by atoms with E-state index >= 15 is 0 Å². The van der Waals surface area contributed by atoms with Crippen LogP contribution in [-0.4, -0.2) is 19.3 Å². The van der Waals surface area contributed by atoms with Gasteiger partial charge in [0.2, 0.25) is 0 Å². The Labute approximate surface area is 113 Å². The predicted octanol–water partition coefficient (Wildman–Crippen LogP) is 3.57. The maximum Gasteiger partial charge on any atom is 0.134 e. The van der Waals surface area contributed by atoms with Crippen LogP contribution in [-0.2, 0) is 4.74 Å². The second kappa shape index (κ2) is 5.35. The van der Waals surface area contributed by atoms with Crippen LogP contribution in [0.25, 0.3) is 11.0 Å². The molecule has 0 spiro atoms. The molecule has 2 aromatic rings. The van der Waals surface area contributed by atoms with Gasteiger partial charge in [-0.05, 0) is 44.5 Å². The first-order chi connectivity index (χ1) is 9.28. The first kappa shape index (κ1) is 12.7. The van der Waals surface area contributed by atoms with Crippen LogP contribution in [0.1, 0.15) is 37.1 Å². The highest BCUT2D eigenvalue weighted by molar-refractivity contribution is 5.78. The van der Waals surface area contributed by atoms with Crippen molar-refractivity contribution < 1.29 is 9.15 Å². The standard InChI is InChI=1S/C16H21NO2/c1-3-17-16(14-5-4-8-18-14)15-10-12-9-11(2)6-7-13(12)19-15/h6-7,9-10,14,16-17H,3-5,8H2,1-2H3. The minimum absolute atomic E-state index is 0.167. The topological polar surface area (TPSA) is 34.4 Å². The number of fused-ring (bicyclic) bond motifs is 1. The Kier molecular flexibility index (Phi) is 3.58. The SMILES string of the molecule is CCNC(c1cc2cc(C)ccc2o1)C1CCCO1. The number of likely N-dealkylation sites (N-methyl/N-ethyl adjacent to an activating group) is 1. The number of hydrogen-bond donors (Lipinski definition) is 1. The lowest BCUT2D eigenvalue weighted by atomic mass is 10.0. The minimum atomic E-state index is 0.167. The number of nitrogens with one attached hydrogen (secondary N) is 1. The average molecular weight is 259 g/mol. The second-order valence-corrected chi connectivity index (χ2v) is 5.28. The summed E-state index contributed by atoms with van der Waals surface area (Å²) >= 11 is 0. The number of ether oxygens (including phenoxy) is 1. The normalized spacial score (nSPS) is 21.1. The monoisotopic (exact) mass is 259 g/mol. The van der Waals surface area contributed by atoms with Crippen molar-refractivity contribution in [1.29, 1.82) is 0 Å². The molecule has 1 aliphatic heterocycles. The molecule has 0 amide bonds. The van der Waals surface area contributed by atoms with Crippen LogP contribution in [0.3, 0.4) is 0 Å². The highest BCUT2D eigenvalue weighted by Gasteiger charge is 2.29. The van der Waals surface area contributed by atoms with Gasteiger partial charge in [-0.2, -0.15) is 0 Å². The van der Waals surface area contributed by atoms with Crippen molar-refractivity contribution in [2.45, 2.75) is 38.8 Å². The Morgan fingerprint density at radius 1 is 1.37 bits per heavy atom. The zero-order valence-electron chi connectivity index (χ0n) is 11.6. The Balaban J connectivity index is 1.94. The Bertz CT molecular complexity index is 555. The minimum Gasteiger partial charge on any atom is -0.459 e. The molecule has 1 N–H and O–H groups in total. The fourth-order valence-electron chi connectivity index (χ4n) is 2.84. The molecule has 0 radical (unpaired) electrons. The van der Waals surface area contributed by atoms with E-state index < -0.39 is 0 Å². The fraction of sp³-hybridized carbons (Fsp3) is 0.500. The largest absolute Gasteiger partial charge is 0.459 e. The third-order valence-corrected chi connectivity index (χ3v) is 3.76. The molecule has 1 aliphatic rings. The van der Waals surface area contributed by atoms with E-state index in [9.17, 15) is 0 Å².